The predicted octanol–water partition coefficient (Wildman–Crippen LogP) is 13.6. The molecule has 0 radical (unpaired) electrons. The fraction of sp³-hybridized carbons (Fsp3) is 0.770. The van der Waals surface area contributed by atoms with Gasteiger partial charge in [0.1, 0.15) is 11.5 Å². The summed E-state index contributed by atoms with van der Waals surface area (Å²) in [7, 11) is -0.411. The lowest BCUT2D eigenvalue weighted by atomic mass is 9.79. The number of carbonyl (C=O) groups excluding carboxylic acids is 2. The third kappa shape index (κ3) is 18.3. The summed E-state index contributed by atoms with van der Waals surface area (Å²) in [6.45, 7) is 37.8. The van der Waals surface area contributed by atoms with E-state index in [-0.39, 0.29) is 93.9 Å². The van der Waals surface area contributed by atoms with Crippen molar-refractivity contribution in [2.75, 3.05) is 21.3 Å². The van der Waals surface area contributed by atoms with Crippen LogP contribution in [0.5, 0.6) is 5.75 Å². The molecular weight excluding hydrogens is 981 g/mol. The molecule has 0 amide bonds. The molecule has 2 fully saturated rings. The van der Waals surface area contributed by atoms with Gasteiger partial charge in [0.25, 0.3) is 0 Å². The molecule has 0 saturated carbocycles. The van der Waals surface area contributed by atoms with Gasteiger partial charge < -0.3 is 46.8 Å². The maximum Gasteiger partial charge on any atom is 0.349 e. The lowest BCUT2D eigenvalue weighted by Gasteiger charge is -2.59. The highest BCUT2D eigenvalue weighted by atomic mass is 28.4. The standard InChI is InChI=1S/C61H104O12Si2/c1-40(25-33-56(64)67-18)24-29-51(71-74(19,20)59(7,8)9)35-48-22-21-23-49(70-48)37-53(62)43(4)54(63)38-55(68-39-46-27-31-47(65-16)32-28-46)44(5)58-45(6)57(72-75(73-58,60(10,11)12)61(13,14)15)41(2)26-30-50-36-52(66-17)34-42(3)69-50/h21-22,24-25,27-28,31-33,41-45,48-53,55,57-58,62H,23,26,29-30,34-39H2,1-20H3/b33-25+,40-24+/t41-,42-,43+,44-,45-,48-,49-,50-,51-,52+,53+,55+,57-,58-/m0/s1. The zero-order valence-electron chi connectivity index (χ0n) is 50.3. The number of ketones is 1. The van der Waals surface area contributed by atoms with Gasteiger partial charge in [0.2, 0.25) is 0 Å². The van der Waals surface area contributed by atoms with Crippen LogP contribution >= 0.6 is 0 Å². The van der Waals surface area contributed by atoms with E-state index in [0.717, 1.165) is 42.6 Å². The van der Waals surface area contributed by atoms with E-state index in [1.807, 2.05) is 38.1 Å². The van der Waals surface area contributed by atoms with Gasteiger partial charge in [0.15, 0.2) is 8.32 Å². The molecule has 4 rings (SSSR count). The minimum Gasteiger partial charge on any atom is -0.497 e. The van der Waals surface area contributed by atoms with Crippen molar-refractivity contribution in [2.45, 2.75) is 257 Å². The number of hydrogen-bond acceptors (Lipinski definition) is 12. The number of aliphatic hydroxyl groups is 1. The van der Waals surface area contributed by atoms with E-state index in [1.165, 1.54) is 13.2 Å². The third-order valence-electron chi connectivity index (χ3n) is 17.0. The number of Topliss-reactive ketones (excluding diaryl/α,β-unsaturated/α-hetero) is 1. The zero-order valence-corrected chi connectivity index (χ0v) is 52.3. The van der Waals surface area contributed by atoms with E-state index in [2.05, 4.69) is 121 Å². The number of esters is 1. The quantitative estimate of drug-likeness (QED) is 0.0328. The SMILES string of the molecule is COC(=O)/C=C/C(C)=C/C[C@@H](C[C@@H]1C=CC[C@@H](C[C@@H](O)[C@@H](C)C(=O)C[C@@H](OCc2ccc(OC)cc2)[C@H](C)[C@@H]2O[Si](C(C)(C)C)(C(C)(C)C)O[C@@H]([C@@H](C)CC[C@H]3C[C@H](OC)C[C@H](C)O3)[C@@H]2C)O1)O[Si](C)(C)C(C)(C)C. The second-order valence-electron chi connectivity index (χ2n) is 26.1. The topological polar surface area (TPSA) is 137 Å². The first-order chi connectivity index (χ1) is 34.8. The van der Waals surface area contributed by atoms with Crippen LogP contribution in [0.4, 0.5) is 0 Å². The fourth-order valence-corrected chi connectivity index (χ4v) is 18.1. The van der Waals surface area contributed by atoms with Gasteiger partial charge in [-0.2, -0.15) is 0 Å². The second kappa shape index (κ2) is 28.1. The normalized spacial score (nSPS) is 27.6. The molecule has 14 atom stereocenters. The minimum atomic E-state index is -3.07. The third-order valence-corrected chi connectivity index (χ3v) is 26.7. The Kier molecular flexibility index (Phi) is 24.3. The van der Waals surface area contributed by atoms with Crippen molar-refractivity contribution in [3.05, 3.63) is 65.8 Å². The Morgan fingerprint density at radius 1 is 0.867 bits per heavy atom. The van der Waals surface area contributed by atoms with Gasteiger partial charge in [-0.05, 0) is 94.1 Å². The first kappa shape index (κ1) is 65.0. The number of carbonyl (C=O) groups is 2. The molecule has 3 aliphatic heterocycles. The number of methoxy groups -OCH3 is 3. The van der Waals surface area contributed by atoms with Crippen LogP contribution in [0.1, 0.15) is 167 Å². The van der Waals surface area contributed by atoms with Gasteiger partial charge in [0.05, 0.1) is 81.9 Å². The van der Waals surface area contributed by atoms with Crippen LogP contribution in [0.3, 0.4) is 0 Å². The van der Waals surface area contributed by atoms with Crippen LogP contribution in [0.15, 0.2) is 60.2 Å². The Morgan fingerprint density at radius 2 is 1.51 bits per heavy atom. The van der Waals surface area contributed by atoms with Gasteiger partial charge in [-0.25, -0.2) is 4.79 Å². The molecule has 0 unspecified atom stereocenters. The van der Waals surface area contributed by atoms with Crippen LogP contribution in [0.25, 0.3) is 0 Å². The highest BCUT2D eigenvalue weighted by molar-refractivity contribution is 6.74. The van der Waals surface area contributed by atoms with Gasteiger partial charge in [0, 0.05) is 60.3 Å². The van der Waals surface area contributed by atoms with E-state index in [1.54, 1.807) is 20.3 Å². The molecule has 2 saturated heterocycles. The van der Waals surface area contributed by atoms with E-state index in [9.17, 15) is 14.7 Å². The van der Waals surface area contributed by atoms with E-state index < -0.39 is 41.0 Å². The minimum absolute atomic E-state index is 0.00572. The average molecular weight is 1090 g/mol. The Balaban J connectivity index is 1.57. The predicted molar refractivity (Wildman–Crippen MR) is 306 cm³/mol. The maximum atomic E-state index is 14.7. The molecule has 3 heterocycles. The van der Waals surface area contributed by atoms with Crippen LogP contribution in [-0.4, -0.2) is 116 Å². The number of benzene rings is 1. The van der Waals surface area contributed by atoms with Crippen molar-refractivity contribution in [3.8, 4) is 5.75 Å². The fourth-order valence-electron chi connectivity index (χ4n) is 11.4. The van der Waals surface area contributed by atoms with E-state index in [0.29, 0.717) is 32.3 Å². The van der Waals surface area contributed by atoms with Crippen molar-refractivity contribution in [3.63, 3.8) is 0 Å². The first-order valence-electron chi connectivity index (χ1n) is 28.3. The summed E-state index contributed by atoms with van der Waals surface area (Å²) in [6, 6.07) is 7.85. The highest BCUT2D eigenvalue weighted by Crippen LogP contribution is 2.57. The van der Waals surface area contributed by atoms with Crippen molar-refractivity contribution in [1.29, 1.82) is 0 Å². The number of allylic oxidation sites excluding steroid dienone is 2. The van der Waals surface area contributed by atoms with Gasteiger partial charge in [-0.3, -0.25) is 4.79 Å². The summed E-state index contributed by atoms with van der Waals surface area (Å²) in [6.07, 6.45) is 13.6. The Bertz CT molecular complexity index is 2000. The molecule has 1 aromatic carbocycles. The van der Waals surface area contributed by atoms with Crippen LogP contribution < -0.4 is 4.74 Å². The molecule has 1 aromatic rings. The maximum absolute atomic E-state index is 14.7. The van der Waals surface area contributed by atoms with Crippen molar-refractivity contribution >= 4 is 28.6 Å². The van der Waals surface area contributed by atoms with E-state index in [4.69, 9.17) is 41.7 Å². The largest absolute Gasteiger partial charge is 0.497 e. The van der Waals surface area contributed by atoms with Crippen LogP contribution in [0, 0.1) is 23.7 Å². The molecule has 0 aromatic heterocycles. The molecule has 14 heteroatoms. The molecule has 3 aliphatic rings. The molecule has 0 spiro atoms. The summed E-state index contributed by atoms with van der Waals surface area (Å²) >= 11 is 0. The Morgan fingerprint density at radius 3 is 2.09 bits per heavy atom. The average Bonchev–Trinajstić information content (AvgIpc) is 3.33. The van der Waals surface area contributed by atoms with Crippen LogP contribution in [-0.2, 0) is 53.2 Å². The zero-order chi connectivity index (χ0) is 56.3. The van der Waals surface area contributed by atoms with Gasteiger partial charge in [-0.15, -0.1) is 0 Å². The van der Waals surface area contributed by atoms with E-state index >= 15 is 0 Å². The van der Waals surface area contributed by atoms with Crippen molar-refractivity contribution in [1.82, 2.24) is 0 Å². The molecule has 12 nitrogen and oxygen atoms in total. The molecule has 75 heavy (non-hydrogen) atoms. The van der Waals surface area contributed by atoms with Crippen LogP contribution in [0.2, 0.25) is 28.2 Å². The van der Waals surface area contributed by atoms with Gasteiger partial charge >= 0.3 is 14.5 Å². The summed E-state index contributed by atoms with van der Waals surface area (Å²) in [4.78, 5) is 26.5. The lowest BCUT2D eigenvalue weighted by Crippen LogP contribution is -2.68. The summed E-state index contributed by atoms with van der Waals surface area (Å²) in [5, 5.41) is 11.4. The molecule has 0 bridgehead atoms. The molecule has 428 valence electrons. The summed E-state index contributed by atoms with van der Waals surface area (Å²) < 4.78 is 58.4. The summed E-state index contributed by atoms with van der Waals surface area (Å²) in [5.41, 5.74) is 1.91. The summed E-state index contributed by atoms with van der Waals surface area (Å²) in [5.74, 6) is -0.367. The molecule has 1 N–H and O–H groups in total. The lowest BCUT2D eigenvalue weighted by molar-refractivity contribution is -0.143. The Labute approximate surface area is 457 Å². The number of hydrogen-bond donors (Lipinski definition) is 1. The molecule has 0 aliphatic carbocycles. The number of ether oxygens (including phenoxy) is 6. The molecular formula is C61H104O12Si2. The van der Waals surface area contributed by atoms with Crippen molar-refractivity contribution in [2.24, 2.45) is 23.7 Å². The van der Waals surface area contributed by atoms with Gasteiger partial charge in [-0.1, -0.05) is 132 Å². The monoisotopic (exact) mass is 1080 g/mol. The van der Waals surface area contributed by atoms with Crippen molar-refractivity contribution < 1.29 is 56.4 Å². The Hall–Kier alpha value is -2.51. The highest BCUT2D eigenvalue weighted by Gasteiger charge is 2.64. The number of rotatable bonds is 25. The number of aliphatic hydroxyl groups excluding tert-OH is 1. The first-order valence-corrected chi connectivity index (χ1v) is 33.0. The second-order valence-corrected chi connectivity index (χ2v) is 35.6. The smallest absolute Gasteiger partial charge is 0.349 e.